The van der Waals surface area contributed by atoms with Gasteiger partial charge >= 0.3 is 5.97 Å². The Kier molecular flexibility index (Phi) is 3.86. The standard InChI is InChI=1S/C13H14O2/c1-10(8-11(2)13(14)15)9-12-6-4-3-5-7-12/h3-9H,1-2H3,(H,14,15)/b10-9+,11-8+. The van der Waals surface area contributed by atoms with Crippen molar-refractivity contribution in [3.8, 4) is 0 Å². The molecule has 0 aromatic heterocycles. The van der Waals surface area contributed by atoms with Crippen LogP contribution in [0, 0.1) is 0 Å². The number of carbonyl (C=O) groups is 1. The average Bonchev–Trinajstić information content (AvgIpc) is 2.18. The average molecular weight is 202 g/mol. The number of rotatable bonds is 3. The summed E-state index contributed by atoms with van der Waals surface area (Å²) in [5.41, 5.74) is 2.35. The second-order valence-electron chi connectivity index (χ2n) is 3.43. The van der Waals surface area contributed by atoms with Crippen molar-refractivity contribution in [3.63, 3.8) is 0 Å². The van der Waals surface area contributed by atoms with E-state index < -0.39 is 5.97 Å². The van der Waals surface area contributed by atoms with Crippen LogP contribution in [0.3, 0.4) is 0 Å². The molecule has 1 aromatic rings. The summed E-state index contributed by atoms with van der Waals surface area (Å²) in [5.74, 6) is -0.879. The lowest BCUT2D eigenvalue weighted by molar-refractivity contribution is -0.132. The molecule has 2 nitrogen and oxygen atoms in total. The SMILES string of the molecule is CC(=C\c1ccccc1)/C=C(\C)C(=O)O. The zero-order valence-corrected chi connectivity index (χ0v) is 8.90. The van der Waals surface area contributed by atoms with Crippen LogP contribution in [-0.4, -0.2) is 11.1 Å². The molecule has 0 bridgehead atoms. The predicted molar refractivity (Wildman–Crippen MR) is 61.5 cm³/mol. The fourth-order valence-corrected chi connectivity index (χ4v) is 1.26. The number of allylic oxidation sites excluding steroid dienone is 2. The van der Waals surface area contributed by atoms with E-state index in [-0.39, 0.29) is 0 Å². The van der Waals surface area contributed by atoms with Crippen molar-refractivity contribution in [2.45, 2.75) is 13.8 Å². The first-order valence-electron chi connectivity index (χ1n) is 4.74. The molecular weight excluding hydrogens is 188 g/mol. The van der Waals surface area contributed by atoms with E-state index in [4.69, 9.17) is 5.11 Å². The number of hydrogen-bond acceptors (Lipinski definition) is 1. The maximum Gasteiger partial charge on any atom is 0.331 e. The quantitative estimate of drug-likeness (QED) is 0.604. The highest BCUT2D eigenvalue weighted by Gasteiger charge is 1.98. The number of hydrogen-bond donors (Lipinski definition) is 1. The molecule has 1 aromatic carbocycles. The van der Waals surface area contributed by atoms with Gasteiger partial charge in [-0.25, -0.2) is 4.79 Å². The molecule has 1 rings (SSSR count). The van der Waals surface area contributed by atoms with E-state index in [2.05, 4.69) is 0 Å². The minimum atomic E-state index is -0.879. The van der Waals surface area contributed by atoms with E-state index in [1.165, 1.54) is 0 Å². The summed E-state index contributed by atoms with van der Waals surface area (Å²) in [6, 6.07) is 9.81. The third-order valence-electron chi connectivity index (χ3n) is 1.98. The van der Waals surface area contributed by atoms with Gasteiger partial charge in [0.15, 0.2) is 0 Å². The lowest BCUT2D eigenvalue weighted by Gasteiger charge is -1.96. The van der Waals surface area contributed by atoms with Crippen molar-refractivity contribution < 1.29 is 9.90 Å². The molecule has 2 heteroatoms. The summed E-state index contributed by atoms with van der Waals surface area (Å²) in [4.78, 5) is 10.6. The molecule has 0 fully saturated rings. The van der Waals surface area contributed by atoms with Crippen LogP contribution < -0.4 is 0 Å². The molecular formula is C13H14O2. The monoisotopic (exact) mass is 202 g/mol. The van der Waals surface area contributed by atoms with Crippen LogP contribution in [0.2, 0.25) is 0 Å². The van der Waals surface area contributed by atoms with Crippen LogP contribution >= 0.6 is 0 Å². The van der Waals surface area contributed by atoms with Gasteiger partial charge in [-0.05, 0) is 25.5 Å². The van der Waals surface area contributed by atoms with Gasteiger partial charge in [0, 0.05) is 5.57 Å². The molecule has 15 heavy (non-hydrogen) atoms. The van der Waals surface area contributed by atoms with Crippen LogP contribution in [0.1, 0.15) is 19.4 Å². The van der Waals surface area contributed by atoms with Crippen molar-refractivity contribution in [1.29, 1.82) is 0 Å². The van der Waals surface area contributed by atoms with E-state index >= 15 is 0 Å². The van der Waals surface area contributed by atoms with E-state index in [0.717, 1.165) is 11.1 Å². The molecule has 0 amide bonds. The Morgan fingerprint density at radius 2 is 1.80 bits per heavy atom. The van der Waals surface area contributed by atoms with Crippen molar-refractivity contribution in [2.75, 3.05) is 0 Å². The van der Waals surface area contributed by atoms with Gasteiger partial charge in [0.25, 0.3) is 0 Å². The lowest BCUT2D eigenvalue weighted by atomic mass is 10.1. The second-order valence-corrected chi connectivity index (χ2v) is 3.43. The van der Waals surface area contributed by atoms with Crippen molar-refractivity contribution >= 4 is 12.0 Å². The minimum absolute atomic E-state index is 0.347. The second kappa shape index (κ2) is 5.15. The Morgan fingerprint density at radius 1 is 1.20 bits per heavy atom. The molecule has 0 aliphatic carbocycles. The maximum absolute atomic E-state index is 10.6. The highest BCUT2D eigenvalue weighted by Crippen LogP contribution is 2.09. The summed E-state index contributed by atoms with van der Waals surface area (Å²) in [6.07, 6.45) is 3.61. The third kappa shape index (κ3) is 3.81. The molecule has 1 N–H and O–H groups in total. The van der Waals surface area contributed by atoms with Gasteiger partial charge in [0.05, 0.1) is 0 Å². The Morgan fingerprint density at radius 3 is 2.33 bits per heavy atom. The molecule has 0 spiro atoms. The van der Waals surface area contributed by atoms with E-state index in [0.29, 0.717) is 5.57 Å². The number of carboxylic acid groups (broad SMARTS) is 1. The first-order valence-corrected chi connectivity index (χ1v) is 4.74. The zero-order chi connectivity index (χ0) is 11.3. The van der Waals surface area contributed by atoms with Gasteiger partial charge in [0.1, 0.15) is 0 Å². The van der Waals surface area contributed by atoms with Gasteiger partial charge in [-0.3, -0.25) is 0 Å². The molecule has 0 saturated carbocycles. The molecule has 0 aliphatic rings. The first-order chi connectivity index (χ1) is 7.09. The number of benzene rings is 1. The fourth-order valence-electron chi connectivity index (χ4n) is 1.26. The normalized spacial score (nSPS) is 12.7. The van der Waals surface area contributed by atoms with Crippen LogP contribution in [-0.2, 0) is 4.79 Å². The highest BCUT2D eigenvalue weighted by molar-refractivity contribution is 5.86. The van der Waals surface area contributed by atoms with E-state index in [1.807, 2.05) is 43.3 Å². The van der Waals surface area contributed by atoms with Crippen LogP contribution in [0.5, 0.6) is 0 Å². The third-order valence-corrected chi connectivity index (χ3v) is 1.98. The maximum atomic E-state index is 10.6. The Bertz CT molecular complexity index is 400. The largest absolute Gasteiger partial charge is 0.478 e. The van der Waals surface area contributed by atoms with Crippen molar-refractivity contribution in [2.24, 2.45) is 0 Å². The van der Waals surface area contributed by atoms with Gasteiger partial charge in [-0.15, -0.1) is 0 Å². The van der Waals surface area contributed by atoms with Crippen LogP contribution in [0.25, 0.3) is 6.08 Å². The summed E-state index contributed by atoms with van der Waals surface area (Å²) < 4.78 is 0. The predicted octanol–water partition coefficient (Wildman–Crippen LogP) is 3.12. The van der Waals surface area contributed by atoms with Gasteiger partial charge in [0.2, 0.25) is 0 Å². The van der Waals surface area contributed by atoms with E-state index in [1.54, 1.807) is 13.0 Å². The molecule has 0 unspecified atom stereocenters. The number of carboxylic acids is 1. The molecule has 78 valence electrons. The molecule has 0 atom stereocenters. The summed E-state index contributed by atoms with van der Waals surface area (Å²) >= 11 is 0. The Hall–Kier alpha value is -1.83. The summed E-state index contributed by atoms with van der Waals surface area (Å²) in [6.45, 7) is 3.48. The summed E-state index contributed by atoms with van der Waals surface area (Å²) in [7, 11) is 0. The zero-order valence-electron chi connectivity index (χ0n) is 8.90. The molecule has 0 aliphatic heterocycles. The van der Waals surface area contributed by atoms with Crippen LogP contribution in [0.4, 0.5) is 0 Å². The molecule has 0 saturated heterocycles. The van der Waals surface area contributed by atoms with Gasteiger partial charge in [-0.2, -0.15) is 0 Å². The van der Waals surface area contributed by atoms with Crippen LogP contribution in [0.15, 0.2) is 47.6 Å². The Labute approximate surface area is 89.6 Å². The Balaban J connectivity index is 2.86. The first kappa shape index (κ1) is 11.2. The summed E-state index contributed by atoms with van der Waals surface area (Å²) in [5, 5.41) is 8.70. The minimum Gasteiger partial charge on any atom is -0.478 e. The fraction of sp³-hybridized carbons (Fsp3) is 0.154. The van der Waals surface area contributed by atoms with E-state index in [9.17, 15) is 4.79 Å². The van der Waals surface area contributed by atoms with Gasteiger partial charge < -0.3 is 5.11 Å². The van der Waals surface area contributed by atoms with Crippen molar-refractivity contribution in [3.05, 3.63) is 53.1 Å². The highest BCUT2D eigenvalue weighted by atomic mass is 16.4. The van der Waals surface area contributed by atoms with Gasteiger partial charge in [-0.1, -0.05) is 42.0 Å². The number of aliphatic carboxylic acids is 1. The topological polar surface area (TPSA) is 37.3 Å². The smallest absolute Gasteiger partial charge is 0.331 e. The molecule has 0 heterocycles. The van der Waals surface area contributed by atoms with Crippen molar-refractivity contribution in [1.82, 2.24) is 0 Å². The molecule has 0 radical (unpaired) electrons. The lowest BCUT2D eigenvalue weighted by Crippen LogP contribution is -1.95.